The molecule has 1 aromatic heterocycles. The van der Waals surface area contributed by atoms with Gasteiger partial charge in [0.2, 0.25) is 0 Å². The average Bonchev–Trinajstić information content (AvgIpc) is 2.84. The van der Waals surface area contributed by atoms with Crippen LogP contribution in [0.1, 0.15) is 17.9 Å². The van der Waals surface area contributed by atoms with Crippen molar-refractivity contribution < 1.29 is 10.0 Å². The van der Waals surface area contributed by atoms with Gasteiger partial charge in [-0.05, 0) is 24.0 Å². The van der Waals surface area contributed by atoms with Crippen molar-refractivity contribution in [2.75, 3.05) is 0 Å². The Kier molecular flexibility index (Phi) is 1.86. The second-order valence-corrected chi connectivity index (χ2v) is 3.21. The third-order valence-electron chi connectivity index (χ3n) is 2.34. The molecule has 1 aliphatic carbocycles. The third kappa shape index (κ3) is 1.35. The van der Waals surface area contributed by atoms with Gasteiger partial charge in [-0.15, -0.1) is 0 Å². The summed E-state index contributed by atoms with van der Waals surface area (Å²) in [5, 5.41) is 17.7. The molecule has 1 fully saturated rings. The highest BCUT2D eigenvalue weighted by Crippen LogP contribution is 2.53. The van der Waals surface area contributed by atoms with Crippen molar-refractivity contribution in [2.24, 2.45) is 0 Å². The van der Waals surface area contributed by atoms with Crippen LogP contribution in [-0.2, 0) is 0 Å². The van der Waals surface area contributed by atoms with Crippen LogP contribution in [-0.4, -0.2) is 22.2 Å². The molecule has 1 aliphatic rings. The van der Waals surface area contributed by atoms with Gasteiger partial charge < -0.3 is 10.0 Å². The topological polar surface area (TPSA) is 53.4 Å². The molecule has 0 aromatic carbocycles. The maximum Gasteiger partial charge on any atom is 0.455 e. The summed E-state index contributed by atoms with van der Waals surface area (Å²) in [4.78, 5) is 3.98. The Labute approximate surface area is 71.2 Å². The van der Waals surface area contributed by atoms with Gasteiger partial charge in [-0.3, -0.25) is 4.98 Å². The summed E-state index contributed by atoms with van der Waals surface area (Å²) in [6, 6.07) is 3.84. The van der Waals surface area contributed by atoms with Gasteiger partial charge in [0, 0.05) is 18.2 Å². The Morgan fingerprint density at radius 3 is 2.83 bits per heavy atom. The molecule has 0 saturated heterocycles. The zero-order chi connectivity index (χ0) is 8.55. The first-order valence-corrected chi connectivity index (χ1v) is 4.05. The van der Waals surface area contributed by atoms with Crippen LogP contribution in [0.5, 0.6) is 0 Å². The predicted octanol–water partition coefficient (Wildman–Crippen LogP) is 0.412. The molecule has 2 rings (SSSR count). The Morgan fingerprint density at radius 1 is 1.50 bits per heavy atom. The summed E-state index contributed by atoms with van der Waals surface area (Å²) in [6.45, 7) is 0. The lowest BCUT2D eigenvalue weighted by Crippen LogP contribution is -2.11. The highest BCUT2D eigenvalue weighted by molar-refractivity contribution is 6.44. The molecule has 2 N–H and O–H groups in total. The summed E-state index contributed by atoms with van der Waals surface area (Å²) in [6.07, 6.45) is 4.37. The molecule has 3 nitrogen and oxygen atoms in total. The summed E-state index contributed by atoms with van der Waals surface area (Å²) >= 11 is 0. The van der Waals surface area contributed by atoms with Crippen LogP contribution < -0.4 is 0 Å². The minimum atomic E-state index is -1.17. The van der Waals surface area contributed by atoms with E-state index in [1.807, 2.05) is 12.1 Å². The number of pyridine rings is 1. The summed E-state index contributed by atoms with van der Waals surface area (Å²) in [5.41, 5.74) is 1.11. The Morgan fingerprint density at radius 2 is 2.33 bits per heavy atom. The lowest BCUT2D eigenvalue weighted by atomic mass is 9.81. The van der Waals surface area contributed by atoms with Crippen molar-refractivity contribution in [1.82, 2.24) is 4.98 Å². The normalized spacial score (nSPS) is 26.8. The molecule has 62 valence electrons. The number of nitrogens with zero attached hydrogens (tertiary/aromatic N) is 1. The number of hydrogen-bond donors (Lipinski definition) is 2. The zero-order valence-electron chi connectivity index (χ0n) is 6.59. The molecular weight excluding hydrogens is 153 g/mol. The van der Waals surface area contributed by atoms with Crippen molar-refractivity contribution in [2.45, 2.75) is 18.2 Å². The van der Waals surface area contributed by atoms with Crippen LogP contribution in [0.25, 0.3) is 0 Å². The van der Waals surface area contributed by atoms with Crippen LogP contribution in [0.2, 0.25) is 5.82 Å². The molecule has 0 radical (unpaired) electrons. The highest BCUT2D eigenvalue weighted by Gasteiger charge is 2.46. The molecule has 12 heavy (non-hydrogen) atoms. The van der Waals surface area contributed by atoms with Crippen LogP contribution >= 0.6 is 0 Å². The SMILES string of the molecule is OB(O)[C@@H]1C[C@H]1c1cccnc1. The van der Waals surface area contributed by atoms with Crippen molar-refractivity contribution >= 4 is 7.12 Å². The fourth-order valence-corrected chi connectivity index (χ4v) is 1.52. The van der Waals surface area contributed by atoms with Gasteiger partial charge in [0.05, 0.1) is 0 Å². The molecule has 1 saturated carbocycles. The van der Waals surface area contributed by atoms with Crippen LogP contribution in [0, 0.1) is 0 Å². The molecule has 0 bridgehead atoms. The number of hydrogen-bond acceptors (Lipinski definition) is 3. The van der Waals surface area contributed by atoms with Crippen molar-refractivity contribution in [3.8, 4) is 0 Å². The van der Waals surface area contributed by atoms with Gasteiger partial charge in [-0.2, -0.15) is 0 Å². The van der Waals surface area contributed by atoms with Crippen molar-refractivity contribution in [1.29, 1.82) is 0 Å². The molecule has 0 amide bonds. The molecular formula is C8H10BNO2. The van der Waals surface area contributed by atoms with E-state index in [0.29, 0.717) is 5.92 Å². The predicted molar refractivity (Wildman–Crippen MR) is 45.5 cm³/mol. The molecule has 4 heteroatoms. The molecule has 0 spiro atoms. The fourth-order valence-electron chi connectivity index (χ4n) is 1.52. The summed E-state index contributed by atoms with van der Waals surface area (Å²) in [5.74, 6) is 0.327. The molecule has 2 atom stereocenters. The van der Waals surface area contributed by atoms with E-state index in [-0.39, 0.29) is 5.82 Å². The highest BCUT2D eigenvalue weighted by atomic mass is 16.4. The van der Waals surface area contributed by atoms with E-state index >= 15 is 0 Å². The second-order valence-electron chi connectivity index (χ2n) is 3.21. The lowest BCUT2D eigenvalue weighted by Gasteiger charge is -1.97. The smallest absolute Gasteiger partial charge is 0.427 e. The standard InChI is InChI=1S/C8H10BNO2/c11-9(12)8-4-7(8)6-2-1-3-10-5-6/h1-3,5,7-8,11-12H,4H2/t7-,8+/m0/s1. The first kappa shape index (κ1) is 7.77. The number of rotatable bonds is 2. The summed E-state index contributed by atoms with van der Waals surface area (Å²) < 4.78 is 0. The quantitative estimate of drug-likeness (QED) is 0.620. The monoisotopic (exact) mass is 163 g/mol. The fraction of sp³-hybridized carbons (Fsp3) is 0.375. The third-order valence-corrected chi connectivity index (χ3v) is 2.34. The zero-order valence-corrected chi connectivity index (χ0v) is 6.59. The summed E-state index contributed by atoms with van der Waals surface area (Å²) in [7, 11) is -1.17. The minimum Gasteiger partial charge on any atom is -0.427 e. The van der Waals surface area contributed by atoms with E-state index in [1.165, 1.54) is 0 Å². The van der Waals surface area contributed by atoms with Crippen LogP contribution in [0.3, 0.4) is 0 Å². The van der Waals surface area contributed by atoms with Crippen molar-refractivity contribution in [3.63, 3.8) is 0 Å². The Bertz CT molecular complexity index is 265. The van der Waals surface area contributed by atoms with Gasteiger partial charge in [0.1, 0.15) is 0 Å². The van der Waals surface area contributed by atoms with E-state index < -0.39 is 7.12 Å². The van der Waals surface area contributed by atoms with Crippen LogP contribution in [0.15, 0.2) is 24.5 Å². The molecule has 0 aliphatic heterocycles. The largest absolute Gasteiger partial charge is 0.455 e. The van der Waals surface area contributed by atoms with E-state index in [2.05, 4.69) is 4.98 Å². The first-order chi connectivity index (χ1) is 5.79. The maximum atomic E-state index is 8.86. The molecule has 1 heterocycles. The van der Waals surface area contributed by atoms with Gasteiger partial charge >= 0.3 is 7.12 Å². The van der Waals surface area contributed by atoms with E-state index in [0.717, 1.165) is 12.0 Å². The lowest BCUT2D eigenvalue weighted by molar-refractivity contribution is 0.402. The maximum absolute atomic E-state index is 8.86. The van der Waals surface area contributed by atoms with E-state index in [9.17, 15) is 0 Å². The Balaban J connectivity index is 2.06. The second kappa shape index (κ2) is 2.88. The molecule has 1 aromatic rings. The number of aromatic nitrogens is 1. The van der Waals surface area contributed by atoms with Gasteiger partial charge in [-0.25, -0.2) is 0 Å². The van der Waals surface area contributed by atoms with Gasteiger partial charge in [0.15, 0.2) is 0 Å². The van der Waals surface area contributed by atoms with E-state index in [4.69, 9.17) is 10.0 Å². The Hall–Kier alpha value is -0.865. The minimum absolute atomic E-state index is 0.0224. The first-order valence-electron chi connectivity index (χ1n) is 4.05. The molecule has 0 unspecified atom stereocenters. The van der Waals surface area contributed by atoms with Gasteiger partial charge in [-0.1, -0.05) is 6.07 Å². The van der Waals surface area contributed by atoms with Gasteiger partial charge in [0.25, 0.3) is 0 Å². The van der Waals surface area contributed by atoms with Crippen molar-refractivity contribution in [3.05, 3.63) is 30.1 Å². The van der Waals surface area contributed by atoms with E-state index in [1.54, 1.807) is 12.4 Å². The average molecular weight is 163 g/mol. The van der Waals surface area contributed by atoms with Crippen LogP contribution in [0.4, 0.5) is 0 Å².